The molecule has 0 radical (unpaired) electrons. The van der Waals surface area contributed by atoms with Gasteiger partial charge in [-0.25, -0.2) is 13.2 Å². The van der Waals surface area contributed by atoms with E-state index in [4.69, 9.17) is 4.74 Å². The highest BCUT2D eigenvalue weighted by atomic mass is 32.2. The van der Waals surface area contributed by atoms with Gasteiger partial charge in [0, 0.05) is 6.04 Å². The molecular weight excluding hydrogens is 304 g/mol. The Balaban J connectivity index is 1.67. The highest BCUT2D eigenvalue weighted by Crippen LogP contribution is 2.17. The number of rotatable bonds is 6. The minimum Gasteiger partial charge on any atom is -0.491 e. The lowest BCUT2D eigenvalue weighted by Gasteiger charge is -2.13. The molecule has 0 bridgehead atoms. The van der Waals surface area contributed by atoms with Crippen LogP contribution in [-0.4, -0.2) is 45.1 Å². The average Bonchev–Trinajstić information content (AvgIpc) is 2.83. The molecule has 1 heterocycles. The van der Waals surface area contributed by atoms with Crippen LogP contribution in [0.4, 0.5) is 4.79 Å². The maximum absolute atomic E-state index is 11.7. The largest absolute Gasteiger partial charge is 0.491 e. The number of nitrogens with one attached hydrogen (secondary N) is 2. The summed E-state index contributed by atoms with van der Waals surface area (Å²) in [5.74, 6) is 1.00. The number of carbonyl (C=O) groups excluding carboxylic acids is 1. The number of carbonyl (C=O) groups is 1. The lowest BCUT2D eigenvalue weighted by molar-refractivity contribution is 0.233. The standard InChI is InChI=1S/C15H22N2O4S/c1-2-12-5-3-4-6-14(12)21-9-8-16-15(18)17-13-7-10-22(19,20)11-13/h3-6,13H,2,7-11H2,1H3,(H2,16,17,18). The van der Waals surface area contributed by atoms with Crippen LogP contribution in [0.2, 0.25) is 0 Å². The molecule has 6 nitrogen and oxygen atoms in total. The van der Waals surface area contributed by atoms with E-state index in [1.807, 2.05) is 24.3 Å². The van der Waals surface area contributed by atoms with Crippen molar-refractivity contribution in [1.82, 2.24) is 10.6 Å². The zero-order valence-corrected chi connectivity index (χ0v) is 13.5. The van der Waals surface area contributed by atoms with Gasteiger partial charge in [0.15, 0.2) is 9.84 Å². The number of aryl methyl sites for hydroxylation is 1. The summed E-state index contributed by atoms with van der Waals surface area (Å²) < 4.78 is 28.3. The molecule has 0 aromatic heterocycles. The lowest BCUT2D eigenvalue weighted by Crippen LogP contribution is -2.43. The van der Waals surface area contributed by atoms with Crippen molar-refractivity contribution in [3.05, 3.63) is 29.8 Å². The fourth-order valence-electron chi connectivity index (χ4n) is 2.41. The Bertz CT molecular complexity index is 616. The minimum absolute atomic E-state index is 0.0286. The van der Waals surface area contributed by atoms with E-state index >= 15 is 0 Å². The molecule has 1 aromatic carbocycles. The fourth-order valence-corrected chi connectivity index (χ4v) is 4.08. The second-order valence-electron chi connectivity index (χ2n) is 5.31. The first-order chi connectivity index (χ1) is 10.5. The first-order valence-corrected chi connectivity index (χ1v) is 9.28. The zero-order valence-electron chi connectivity index (χ0n) is 12.7. The maximum atomic E-state index is 11.7. The Hall–Kier alpha value is -1.76. The summed E-state index contributed by atoms with van der Waals surface area (Å²) in [5, 5.41) is 5.35. The van der Waals surface area contributed by atoms with E-state index in [2.05, 4.69) is 17.6 Å². The Morgan fingerprint density at radius 3 is 2.82 bits per heavy atom. The highest BCUT2D eigenvalue weighted by Gasteiger charge is 2.28. The molecule has 1 fully saturated rings. The van der Waals surface area contributed by atoms with Gasteiger partial charge in [0.25, 0.3) is 0 Å². The van der Waals surface area contributed by atoms with Crippen LogP contribution >= 0.6 is 0 Å². The Morgan fingerprint density at radius 2 is 2.14 bits per heavy atom. The number of amides is 2. The molecule has 1 saturated heterocycles. The molecule has 1 aromatic rings. The predicted octanol–water partition coefficient (Wildman–Crippen LogP) is 1.11. The van der Waals surface area contributed by atoms with Crippen molar-refractivity contribution in [3.8, 4) is 5.75 Å². The van der Waals surface area contributed by atoms with Gasteiger partial charge in [0.2, 0.25) is 0 Å². The minimum atomic E-state index is -2.98. The molecule has 0 spiro atoms. The van der Waals surface area contributed by atoms with Gasteiger partial charge < -0.3 is 15.4 Å². The molecule has 0 saturated carbocycles. The van der Waals surface area contributed by atoms with E-state index in [1.165, 1.54) is 0 Å². The van der Waals surface area contributed by atoms with Crippen molar-refractivity contribution in [3.63, 3.8) is 0 Å². The van der Waals surface area contributed by atoms with Gasteiger partial charge in [-0.3, -0.25) is 0 Å². The summed E-state index contributed by atoms with van der Waals surface area (Å²) in [6, 6.07) is 7.15. The number of para-hydroxylation sites is 1. The van der Waals surface area contributed by atoms with Gasteiger partial charge >= 0.3 is 6.03 Å². The van der Waals surface area contributed by atoms with Crippen LogP contribution in [0, 0.1) is 0 Å². The first-order valence-electron chi connectivity index (χ1n) is 7.45. The number of hydrogen-bond donors (Lipinski definition) is 2. The molecular formula is C15H22N2O4S. The van der Waals surface area contributed by atoms with E-state index in [9.17, 15) is 13.2 Å². The summed E-state index contributed by atoms with van der Waals surface area (Å²) in [5.41, 5.74) is 1.13. The third-order valence-electron chi connectivity index (χ3n) is 3.57. The van der Waals surface area contributed by atoms with E-state index in [-0.39, 0.29) is 23.6 Å². The van der Waals surface area contributed by atoms with Crippen molar-refractivity contribution in [2.75, 3.05) is 24.7 Å². The third kappa shape index (κ3) is 4.91. The SMILES string of the molecule is CCc1ccccc1OCCNC(=O)NC1CCS(=O)(=O)C1. The average molecular weight is 326 g/mol. The summed E-state index contributed by atoms with van der Waals surface area (Å²) in [6.45, 7) is 2.79. The van der Waals surface area contributed by atoms with E-state index in [0.29, 0.717) is 19.6 Å². The summed E-state index contributed by atoms with van der Waals surface area (Å²) >= 11 is 0. The van der Waals surface area contributed by atoms with Gasteiger partial charge in [-0.15, -0.1) is 0 Å². The molecule has 1 atom stereocenters. The molecule has 1 aliphatic heterocycles. The summed E-state index contributed by atoms with van der Waals surface area (Å²) in [6.07, 6.45) is 1.37. The van der Waals surface area contributed by atoms with Crippen LogP contribution < -0.4 is 15.4 Å². The normalized spacial score (nSPS) is 19.6. The topological polar surface area (TPSA) is 84.5 Å². The predicted molar refractivity (Wildman–Crippen MR) is 84.9 cm³/mol. The Morgan fingerprint density at radius 1 is 1.36 bits per heavy atom. The molecule has 2 rings (SSSR count). The fraction of sp³-hybridized carbons (Fsp3) is 0.533. The molecule has 22 heavy (non-hydrogen) atoms. The number of sulfone groups is 1. The van der Waals surface area contributed by atoms with Crippen LogP contribution in [0.1, 0.15) is 18.9 Å². The van der Waals surface area contributed by atoms with E-state index < -0.39 is 9.84 Å². The summed E-state index contributed by atoms with van der Waals surface area (Å²) in [4.78, 5) is 11.7. The second kappa shape index (κ2) is 7.49. The van der Waals surface area contributed by atoms with Gasteiger partial charge in [-0.1, -0.05) is 25.1 Å². The number of urea groups is 1. The van der Waals surface area contributed by atoms with Gasteiger partial charge in [0.1, 0.15) is 12.4 Å². The van der Waals surface area contributed by atoms with Crippen LogP contribution in [-0.2, 0) is 16.3 Å². The highest BCUT2D eigenvalue weighted by molar-refractivity contribution is 7.91. The molecule has 0 aliphatic carbocycles. The van der Waals surface area contributed by atoms with Crippen molar-refractivity contribution in [1.29, 1.82) is 0 Å². The Labute approximate surface area is 131 Å². The van der Waals surface area contributed by atoms with Crippen LogP contribution in [0.15, 0.2) is 24.3 Å². The quantitative estimate of drug-likeness (QED) is 0.767. The van der Waals surface area contributed by atoms with E-state index in [0.717, 1.165) is 17.7 Å². The third-order valence-corrected chi connectivity index (χ3v) is 5.33. The number of hydrogen-bond acceptors (Lipinski definition) is 4. The van der Waals surface area contributed by atoms with Crippen LogP contribution in [0.3, 0.4) is 0 Å². The maximum Gasteiger partial charge on any atom is 0.315 e. The zero-order chi connectivity index (χ0) is 16.0. The second-order valence-corrected chi connectivity index (χ2v) is 7.54. The number of ether oxygens (including phenoxy) is 1. The monoisotopic (exact) mass is 326 g/mol. The van der Waals surface area contributed by atoms with Gasteiger partial charge in [0.05, 0.1) is 18.1 Å². The van der Waals surface area contributed by atoms with E-state index in [1.54, 1.807) is 0 Å². The Kier molecular flexibility index (Phi) is 5.65. The molecule has 7 heteroatoms. The molecule has 1 aliphatic rings. The number of benzene rings is 1. The molecule has 122 valence electrons. The van der Waals surface area contributed by atoms with Crippen molar-refractivity contribution < 1.29 is 17.9 Å². The lowest BCUT2D eigenvalue weighted by atomic mass is 10.1. The van der Waals surface area contributed by atoms with Crippen molar-refractivity contribution >= 4 is 15.9 Å². The first kappa shape index (κ1) is 16.6. The van der Waals surface area contributed by atoms with Gasteiger partial charge in [-0.05, 0) is 24.5 Å². The van der Waals surface area contributed by atoms with Crippen molar-refractivity contribution in [2.45, 2.75) is 25.8 Å². The summed E-state index contributed by atoms with van der Waals surface area (Å²) in [7, 11) is -2.98. The van der Waals surface area contributed by atoms with Crippen molar-refractivity contribution in [2.24, 2.45) is 0 Å². The molecule has 2 N–H and O–H groups in total. The van der Waals surface area contributed by atoms with Crippen LogP contribution in [0.25, 0.3) is 0 Å². The van der Waals surface area contributed by atoms with Gasteiger partial charge in [-0.2, -0.15) is 0 Å². The smallest absolute Gasteiger partial charge is 0.315 e. The molecule has 2 amide bonds. The molecule has 1 unspecified atom stereocenters. The van der Waals surface area contributed by atoms with Crippen LogP contribution in [0.5, 0.6) is 5.75 Å².